The highest BCUT2D eigenvalue weighted by Crippen LogP contribution is 2.22. The van der Waals surface area contributed by atoms with E-state index in [-0.39, 0.29) is 10.9 Å². The van der Waals surface area contributed by atoms with E-state index in [1.807, 2.05) is 26.0 Å². The highest BCUT2D eigenvalue weighted by Gasteiger charge is 2.12. The highest BCUT2D eigenvalue weighted by atomic mass is 32.2. The molecule has 20 heavy (non-hydrogen) atoms. The molecule has 0 bridgehead atoms. The topological polar surface area (TPSA) is 71.3 Å². The minimum Gasteiger partial charge on any atom is -0.464 e. The molecule has 0 radical (unpaired) electrons. The van der Waals surface area contributed by atoms with E-state index in [0.717, 1.165) is 17.2 Å². The second kappa shape index (κ2) is 5.68. The van der Waals surface area contributed by atoms with Gasteiger partial charge in [0.1, 0.15) is 11.5 Å². The third kappa shape index (κ3) is 3.20. The molecule has 1 atom stereocenters. The Morgan fingerprint density at radius 1 is 1.10 bits per heavy atom. The summed E-state index contributed by atoms with van der Waals surface area (Å²) in [4.78, 5) is 0.243. The van der Waals surface area contributed by atoms with Gasteiger partial charge in [0.15, 0.2) is 0 Å². The largest absolute Gasteiger partial charge is 0.464 e. The summed E-state index contributed by atoms with van der Waals surface area (Å²) >= 11 is 0. The zero-order valence-corrected chi connectivity index (χ0v) is 12.5. The SMILES string of the molecule is CNS(=O)(=O)c1ccc(NC(C)c2ccc(C)o2)cc1. The first-order valence-electron chi connectivity index (χ1n) is 6.29. The molecule has 0 fully saturated rings. The molecule has 0 aliphatic heterocycles. The van der Waals surface area contributed by atoms with Gasteiger partial charge in [-0.3, -0.25) is 0 Å². The third-order valence-corrected chi connectivity index (χ3v) is 4.43. The van der Waals surface area contributed by atoms with E-state index in [2.05, 4.69) is 10.0 Å². The lowest BCUT2D eigenvalue weighted by Crippen LogP contribution is -2.18. The predicted molar refractivity (Wildman–Crippen MR) is 78.2 cm³/mol. The van der Waals surface area contributed by atoms with Crippen molar-refractivity contribution >= 4 is 15.7 Å². The fourth-order valence-corrected chi connectivity index (χ4v) is 2.59. The van der Waals surface area contributed by atoms with Gasteiger partial charge in [0, 0.05) is 5.69 Å². The van der Waals surface area contributed by atoms with Crippen molar-refractivity contribution in [2.75, 3.05) is 12.4 Å². The zero-order chi connectivity index (χ0) is 14.8. The fourth-order valence-electron chi connectivity index (χ4n) is 1.86. The Morgan fingerprint density at radius 2 is 1.75 bits per heavy atom. The third-order valence-electron chi connectivity index (χ3n) is 3.00. The van der Waals surface area contributed by atoms with Gasteiger partial charge in [-0.1, -0.05) is 0 Å². The fraction of sp³-hybridized carbons (Fsp3) is 0.286. The van der Waals surface area contributed by atoms with Gasteiger partial charge in [-0.25, -0.2) is 13.1 Å². The summed E-state index contributed by atoms with van der Waals surface area (Å²) in [7, 11) is -2.00. The average Bonchev–Trinajstić information content (AvgIpc) is 2.86. The number of rotatable bonds is 5. The van der Waals surface area contributed by atoms with Gasteiger partial charge in [-0.2, -0.15) is 0 Å². The lowest BCUT2D eigenvalue weighted by atomic mass is 10.2. The second-order valence-corrected chi connectivity index (χ2v) is 6.43. The molecule has 1 heterocycles. The van der Waals surface area contributed by atoms with Gasteiger partial charge in [0.05, 0.1) is 10.9 Å². The molecule has 0 amide bonds. The van der Waals surface area contributed by atoms with Gasteiger partial charge in [-0.05, 0) is 57.3 Å². The molecule has 2 rings (SSSR count). The molecule has 2 N–H and O–H groups in total. The zero-order valence-electron chi connectivity index (χ0n) is 11.7. The summed E-state index contributed by atoms with van der Waals surface area (Å²) in [5.41, 5.74) is 0.835. The molecule has 1 aromatic carbocycles. The van der Waals surface area contributed by atoms with Crippen molar-refractivity contribution in [2.24, 2.45) is 0 Å². The molecule has 5 nitrogen and oxygen atoms in total. The van der Waals surface area contributed by atoms with Crippen LogP contribution in [0.3, 0.4) is 0 Å². The van der Waals surface area contributed by atoms with Gasteiger partial charge in [0.2, 0.25) is 10.0 Å². The van der Waals surface area contributed by atoms with Crippen molar-refractivity contribution in [3.05, 3.63) is 47.9 Å². The molecule has 0 aliphatic carbocycles. The van der Waals surface area contributed by atoms with Gasteiger partial charge < -0.3 is 9.73 Å². The Morgan fingerprint density at radius 3 is 2.25 bits per heavy atom. The van der Waals surface area contributed by atoms with Crippen LogP contribution in [-0.2, 0) is 10.0 Å². The smallest absolute Gasteiger partial charge is 0.240 e. The maximum absolute atomic E-state index is 11.6. The predicted octanol–water partition coefficient (Wildman–Crippen LogP) is 2.67. The van der Waals surface area contributed by atoms with Gasteiger partial charge >= 0.3 is 0 Å². The van der Waals surface area contributed by atoms with Crippen LogP contribution in [0, 0.1) is 6.92 Å². The number of hydrogen-bond donors (Lipinski definition) is 2. The van der Waals surface area contributed by atoms with Gasteiger partial charge in [-0.15, -0.1) is 0 Å². The van der Waals surface area contributed by atoms with Crippen molar-refractivity contribution < 1.29 is 12.8 Å². The van der Waals surface area contributed by atoms with E-state index in [4.69, 9.17) is 4.42 Å². The molecular weight excluding hydrogens is 276 g/mol. The molecule has 1 unspecified atom stereocenters. The number of sulfonamides is 1. The first kappa shape index (κ1) is 14.6. The van der Waals surface area contributed by atoms with E-state index >= 15 is 0 Å². The van der Waals surface area contributed by atoms with E-state index in [0.29, 0.717) is 0 Å². The quantitative estimate of drug-likeness (QED) is 0.889. The first-order valence-corrected chi connectivity index (χ1v) is 7.77. The number of furan rings is 1. The van der Waals surface area contributed by atoms with Crippen molar-refractivity contribution in [3.8, 4) is 0 Å². The van der Waals surface area contributed by atoms with E-state index in [1.54, 1.807) is 24.3 Å². The summed E-state index contributed by atoms with van der Waals surface area (Å²) in [6.07, 6.45) is 0. The Bertz CT molecular complexity index is 675. The van der Waals surface area contributed by atoms with Crippen molar-refractivity contribution in [3.63, 3.8) is 0 Å². The van der Waals surface area contributed by atoms with Crippen LogP contribution in [0.15, 0.2) is 45.7 Å². The lowest BCUT2D eigenvalue weighted by molar-refractivity contribution is 0.467. The second-order valence-electron chi connectivity index (χ2n) is 4.55. The van der Waals surface area contributed by atoms with Gasteiger partial charge in [0.25, 0.3) is 0 Å². The maximum atomic E-state index is 11.6. The Hall–Kier alpha value is -1.79. The molecule has 1 aromatic heterocycles. The van der Waals surface area contributed by atoms with Crippen LogP contribution in [0.4, 0.5) is 5.69 Å². The van der Waals surface area contributed by atoms with Crippen LogP contribution in [-0.4, -0.2) is 15.5 Å². The van der Waals surface area contributed by atoms with E-state index < -0.39 is 10.0 Å². The van der Waals surface area contributed by atoms with Crippen LogP contribution in [0.25, 0.3) is 0 Å². The Kier molecular flexibility index (Phi) is 4.15. The Labute approximate surface area is 119 Å². The summed E-state index contributed by atoms with van der Waals surface area (Å²) in [5, 5.41) is 3.26. The number of anilines is 1. The lowest BCUT2D eigenvalue weighted by Gasteiger charge is -2.13. The number of nitrogens with one attached hydrogen (secondary N) is 2. The van der Waals surface area contributed by atoms with E-state index in [1.165, 1.54) is 7.05 Å². The number of aryl methyl sites for hydroxylation is 1. The molecular formula is C14H18N2O3S. The van der Waals surface area contributed by atoms with Crippen LogP contribution in [0.5, 0.6) is 0 Å². The molecule has 6 heteroatoms. The molecule has 0 saturated carbocycles. The van der Waals surface area contributed by atoms with Crippen molar-refractivity contribution in [1.82, 2.24) is 4.72 Å². The minimum atomic E-state index is -3.39. The first-order chi connectivity index (χ1) is 9.42. The average molecular weight is 294 g/mol. The summed E-state index contributed by atoms with van der Waals surface area (Å²) in [5.74, 6) is 1.71. The summed E-state index contributed by atoms with van der Waals surface area (Å²) in [6, 6.07) is 10.4. The van der Waals surface area contributed by atoms with Crippen LogP contribution in [0.1, 0.15) is 24.5 Å². The highest BCUT2D eigenvalue weighted by molar-refractivity contribution is 7.89. The van der Waals surface area contributed by atoms with Crippen molar-refractivity contribution in [2.45, 2.75) is 24.8 Å². The van der Waals surface area contributed by atoms with Crippen LogP contribution < -0.4 is 10.0 Å². The van der Waals surface area contributed by atoms with Crippen LogP contribution >= 0.6 is 0 Å². The molecule has 0 spiro atoms. The van der Waals surface area contributed by atoms with E-state index in [9.17, 15) is 8.42 Å². The summed E-state index contributed by atoms with van der Waals surface area (Å²) < 4.78 is 31.1. The number of hydrogen-bond acceptors (Lipinski definition) is 4. The van der Waals surface area contributed by atoms with Crippen molar-refractivity contribution in [1.29, 1.82) is 0 Å². The summed E-state index contributed by atoms with van der Waals surface area (Å²) in [6.45, 7) is 3.88. The maximum Gasteiger partial charge on any atom is 0.240 e. The molecule has 108 valence electrons. The minimum absolute atomic E-state index is 0.00968. The normalized spacial score (nSPS) is 13.2. The molecule has 0 aliphatic rings. The Balaban J connectivity index is 2.11. The number of benzene rings is 1. The molecule has 0 saturated heterocycles. The molecule has 2 aromatic rings. The standard InChI is InChI=1S/C14H18N2O3S/c1-10-4-9-14(19-10)11(2)16-12-5-7-13(8-6-12)20(17,18)15-3/h4-9,11,15-16H,1-3H3. The monoisotopic (exact) mass is 294 g/mol. The van der Waals surface area contributed by atoms with Crippen LogP contribution in [0.2, 0.25) is 0 Å².